The van der Waals surface area contributed by atoms with Crippen molar-refractivity contribution >= 4 is 23.4 Å². The molecule has 1 aromatic carbocycles. The summed E-state index contributed by atoms with van der Waals surface area (Å²) >= 11 is 0. The Kier molecular flexibility index (Phi) is 4.79. The maximum atomic E-state index is 12.4. The fourth-order valence-corrected chi connectivity index (χ4v) is 3.13. The molecule has 0 bridgehead atoms. The van der Waals surface area contributed by atoms with Crippen molar-refractivity contribution in [3.63, 3.8) is 0 Å². The zero-order valence-corrected chi connectivity index (χ0v) is 14.9. The number of carbonyl (C=O) groups is 3. The predicted molar refractivity (Wildman–Crippen MR) is 97.7 cm³/mol. The van der Waals surface area contributed by atoms with Crippen LogP contribution in [0, 0.1) is 5.92 Å². The Bertz CT molecular complexity index is 918. The molecule has 4 rings (SSSR count). The van der Waals surface area contributed by atoms with Crippen molar-refractivity contribution in [1.29, 1.82) is 0 Å². The number of hydrazine groups is 1. The zero-order valence-electron chi connectivity index (χ0n) is 14.9. The van der Waals surface area contributed by atoms with Crippen LogP contribution < -0.4 is 25.2 Å². The summed E-state index contributed by atoms with van der Waals surface area (Å²) in [5.74, 6) is -0.404. The van der Waals surface area contributed by atoms with Crippen molar-refractivity contribution < 1.29 is 23.9 Å². The van der Waals surface area contributed by atoms with Crippen LogP contribution in [0.5, 0.6) is 11.5 Å². The third kappa shape index (κ3) is 3.59. The van der Waals surface area contributed by atoms with E-state index in [2.05, 4.69) is 15.8 Å². The van der Waals surface area contributed by atoms with Gasteiger partial charge in [-0.25, -0.2) is 0 Å². The van der Waals surface area contributed by atoms with Crippen LogP contribution in [0.4, 0.5) is 5.69 Å². The SMILES string of the molecule is O=C(NNC(=O)C1CC(=O)N(c2ccc3c(c2)OCCO3)C1)c1ccncc1. The Morgan fingerprint density at radius 3 is 2.57 bits per heavy atom. The lowest BCUT2D eigenvalue weighted by molar-refractivity contribution is -0.126. The first-order chi connectivity index (χ1) is 13.6. The summed E-state index contributed by atoms with van der Waals surface area (Å²) in [6, 6.07) is 8.31. The molecule has 28 heavy (non-hydrogen) atoms. The first-order valence-corrected chi connectivity index (χ1v) is 8.82. The number of nitrogens with one attached hydrogen (secondary N) is 2. The highest BCUT2D eigenvalue weighted by Gasteiger charge is 2.35. The number of hydrogen-bond donors (Lipinski definition) is 2. The van der Waals surface area contributed by atoms with E-state index in [4.69, 9.17) is 9.47 Å². The number of anilines is 1. The van der Waals surface area contributed by atoms with Gasteiger partial charge in [0.05, 0.1) is 5.92 Å². The van der Waals surface area contributed by atoms with E-state index < -0.39 is 17.7 Å². The van der Waals surface area contributed by atoms with Crippen molar-refractivity contribution in [3.8, 4) is 11.5 Å². The lowest BCUT2D eigenvalue weighted by atomic mass is 10.1. The Morgan fingerprint density at radius 1 is 1.04 bits per heavy atom. The number of rotatable bonds is 3. The second-order valence-electron chi connectivity index (χ2n) is 6.41. The van der Waals surface area contributed by atoms with E-state index in [1.165, 1.54) is 29.4 Å². The Balaban J connectivity index is 1.37. The number of hydrogen-bond acceptors (Lipinski definition) is 6. The minimum absolute atomic E-state index is 0.0609. The summed E-state index contributed by atoms with van der Waals surface area (Å²) in [5.41, 5.74) is 5.75. The van der Waals surface area contributed by atoms with Crippen molar-refractivity contribution in [2.24, 2.45) is 5.92 Å². The molecule has 1 fully saturated rings. The molecular weight excluding hydrogens is 364 g/mol. The molecule has 0 aliphatic carbocycles. The van der Waals surface area contributed by atoms with Crippen molar-refractivity contribution in [3.05, 3.63) is 48.3 Å². The van der Waals surface area contributed by atoms with E-state index in [1.807, 2.05) is 0 Å². The molecule has 2 aliphatic heterocycles. The summed E-state index contributed by atoms with van der Waals surface area (Å²) in [5, 5.41) is 0. The standard InChI is InChI=1S/C19H18N4O5/c24-17-9-13(19(26)22-21-18(25)12-3-5-20-6-4-12)11-23(17)14-1-2-15-16(10-14)28-8-7-27-15/h1-6,10,13H,7-9,11H2,(H,21,25)(H,22,26). The van der Waals surface area contributed by atoms with Gasteiger partial charge in [0.1, 0.15) is 13.2 Å². The number of fused-ring (bicyclic) bond motifs is 1. The smallest absolute Gasteiger partial charge is 0.269 e. The molecular formula is C19H18N4O5. The first-order valence-electron chi connectivity index (χ1n) is 8.82. The maximum absolute atomic E-state index is 12.4. The van der Waals surface area contributed by atoms with Crippen LogP contribution in [-0.2, 0) is 9.59 Å². The van der Waals surface area contributed by atoms with Crippen molar-refractivity contribution in [1.82, 2.24) is 15.8 Å². The largest absolute Gasteiger partial charge is 0.486 e. The van der Waals surface area contributed by atoms with Gasteiger partial charge < -0.3 is 14.4 Å². The van der Waals surface area contributed by atoms with Crippen LogP contribution in [0.25, 0.3) is 0 Å². The number of nitrogens with zero attached hydrogens (tertiary/aromatic N) is 2. The topological polar surface area (TPSA) is 110 Å². The molecule has 3 heterocycles. The van der Waals surface area contributed by atoms with Gasteiger partial charge in [0.2, 0.25) is 11.8 Å². The average molecular weight is 382 g/mol. The second kappa shape index (κ2) is 7.55. The third-order valence-electron chi connectivity index (χ3n) is 4.57. The summed E-state index contributed by atoms with van der Waals surface area (Å²) < 4.78 is 11.0. The normalized spacial score (nSPS) is 17.9. The number of aromatic nitrogens is 1. The number of amides is 3. The lowest BCUT2D eigenvalue weighted by Gasteiger charge is -2.22. The first kappa shape index (κ1) is 17.8. The van der Waals surface area contributed by atoms with Crippen LogP contribution in [0.2, 0.25) is 0 Å². The van der Waals surface area contributed by atoms with E-state index in [-0.39, 0.29) is 18.9 Å². The molecule has 0 saturated carbocycles. The van der Waals surface area contributed by atoms with Gasteiger partial charge in [-0.1, -0.05) is 0 Å². The molecule has 2 aromatic rings. The van der Waals surface area contributed by atoms with Crippen LogP contribution in [-0.4, -0.2) is 42.5 Å². The highest BCUT2D eigenvalue weighted by molar-refractivity contribution is 6.01. The highest BCUT2D eigenvalue weighted by atomic mass is 16.6. The Morgan fingerprint density at radius 2 is 1.79 bits per heavy atom. The molecule has 0 spiro atoms. The second-order valence-corrected chi connectivity index (χ2v) is 6.41. The molecule has 2 aliphatic rings. The van der Waals surface area contributed by atoms with E-state index in [0.717, 1.165) is 0 Å². The molecule has 3 amide bonds. The molecule has 1 atom stereocenters. The highest BCUT2D eigenvalue weighted by Crippen LogP contribution is 2.35. The molecule has 9 nitrogen and oxygen atoms in total. The van der Waals surface area contributed by atoms with Gasteiger partial charge in [-0.2, -0.15) is 0 Å². The van der Waals surface area contributed by atoms with E-state index in [1.54, 1.807) is 18.2 Å². The molecule has 0 radical (unpaired) electrons. The molecule has 1 unspecified atom stereocenters. The van der Waals surface area contributed by atoms with Crippen LogP contribution >= 0.6 is 0 Å². The monoisotopic (exact) mass is 382 g/mol. The summed E-state index contributed by atoms with van der Waals surface area (Å²) in [4.78, 5) is 42.1. The van der Waals surface area contributed by atoms with Gasteiger partial charge in [-0.15, -0.1) is 0 Å². The zero-order chi connectivity index (χ0) is 19.5. The van der Waals surface area contributed by atoms with Gasteiger partial charge in [0, 0.05) is 42.7 Å². The predicted octanol–water partition coefficient (Wildman–Crippen LogP) is 0.667. The van der Waals surface area contributed by atoms with Crippen LogP contribution in [0.15, 0.2) is 42.7 Å². The van der Waals surface area contributed by atoms with E-state index in [0.29, 0.717) is 36.0 Å². The van der Waals surface area contributed by atoms with Crippen molar-refractivity contribution in [2.75, 3.05) is 24.7 Å². The minimum atomic E-state index is -0.571. The number of benzene rings is 1. The molecule has 1 aromatic heterocycles. The summed E-state index contributed by atoms with van der Waals surface area (Å²) in [6.07, 6.45) is 3.03. The molecule has 2 N–H and O–H groups in total. The van der Waals surface area contributed by atoms with E-state index in [9.17, 15) is 14.4 Å². The van der Waals surface area contributed by atoms with Crippen LogP contribution in [0.1, 0.15) is 16.8 Å². The number of carbonyl (C=O) groups excluding carboxylic acids is 3. The summed E-state index contributed by atoms with van der Waals surface area (Å²) in [6.45, 7) is 1.16. The fourth-order valence-electron chi connectivity index (χ4n) is 3.13. The van der Waals surface area contributed by atoms with Gasteiger partial charge >= 0.3 is 0 Å². The van der Waals surface area contributed by atoms with Gasteiger partial charge in [-0.05, 0) is 24.3 Å². The minimum Gasteiger partial charge on any atom is -0.486 e. The molecule has 1 saturated heterocycles. The van der Waals surface area contributed by atoms with Gasteiger partial charge in [-0.3, -0.25) is 30.2 Å². The maximum Gasteiger partial charge on any atom is 0.269 e. The number of pyridine rings is 1. The molecule has 144 valence electrons. The third-order valence-corrected chi connectivity index (χ3v) is 4.57. The average Bonchev–Trinajstić information content (AvgIpc) is 3.13. The molecule has 9 heteroatoms. The summed E-state index contributed by atoms with van der Waals surface area (Å²) in [7, 11) is 0. The quantitative estimate of drug-likeness (QED) is 0.755. The number of ether oxygens (including phenoxy) is 2. The lowest BCUT2D eigenvalue weighted by Crippen LogP contribution is -2.45. The van der Waals surface area contributed by atoms with Gasteiger partial charge in [0.25, 0.3) is 5.91 Å². The Labute approximate surface area is 160 Å². The van der Waals surface area contributed by atoms with Crippen molar-refractivity contribution in [2.45, 2.75) is 6.42 Å². The fraction of sp³-hybridized carbons (Fsp3) is 0.263. The van der Waals surface area contributed by atoms with Crippen LogP contribution in [0.3, 0.4) is 0 Å². The van der Waals surface area contributed by atoms with E-state index >= 15 is 0 Å². The Hall–Kier alpha value is -3.62. The van der Waals surface area contributed by atoms with Gasteiger partial charge in [0.15, 0.2) is 11.5 Å².